The third-order valence-corrected chi connectivity index (χ3v) is 10.8. The number of pyridine rings is 1. The quantitative estimate of drug-likeness (QED) is 0.170. The number of nitrogens with one attached hydrogen (secondary N) is 1. The van der Waals surface area contributed by atoms with Gasteiger partial charge in [0, 0.05) is 49.1 Å². The number of hydrogen-bond donors (Lipinski definition) is 2. The minimum absolute atomic E-state index is 0.0766. The zero-order chi connectivity index (χ0) is 37.0. The van der Waals surface area contributed by atoms with Gasteiger partial charge in [-0.1, -0.05) is 55.5 Å². The van der Waals surface area contributed by atoms with Crippen LogP contribution in [0.4, 0.5) is 13.2 Å². The topological polar surface area (TPSA) is 102 Å². The molecule has 2 aromatic carbocycles. The van der Waals surface area contributed by atoms with Crippen molar-refractivity contribution >= 4 is 29.7 Å². The molecule has 2 unspecified atom stereocenters. The standard InChI is InChI=1S/C40H41ClF3N5O3/c1-39(15-6-9-34(37(39)41)47-38(51)35-13-10-26(22-46-35)23-49-18-14-30(50)25-49)32-8-5-7-27(31(32)21-45)11-12-28-20-36(52-2)29(19-33(28)40(42,43)44)24-48-16-3-4-17-48/h5-13,15,19-20,22,30,37,50H,3-4,14,16-18,23-25H2,1-2H3,(H,47,51)/b12-11+/t30-,37?,39?/m1/s1. The number of nitrogens with zero attached hydrogens (tertiary/aromatic N) is 4. The summed E-state index contributed by atoms with van der Waals surface area (Å²) in [4.78, 5) is 21.9. The number of aliphatic hydroxyl groups is 1. The van der Waals surface area contributed by atoms with Crippen molar-refractivity contribution in [2.24, 2.45) is 0 Å². The molecule has 12 heteroatoms. The van der Waals surface area contributed by atoms with Crippen molar-refractivity contribution in [3.8, 4) is 11.8 Å². The van der Waals surface area contributed by atoms with Crippen LogP contribution in [0.25, 0.3) is 12.2 Å². The maximum Gasteiger partial charge on any atom is 0.417 e. The predicted molar refractivity (Wildman–Crippen MR) is 194 cm³/mol. The molecule has 0 radical (unpaired) electrons. The molecule has 2 aliphatic heterocycles. The largest absolute Gasteiger partial charge is 0.496 e. The molecule has 2 N–H and O–H groups in total. The van der Waals surface area contributed by atoms with Crippen LogP contribution in [0.5, 0.6) is 5.75 Å². The Balaban J connectivity index is 1.22. The number of amides is 1. The first-order valence-corrected chi connectivity index (χ1v) is 17.8. The number of likely N-dealkylation sites (tertiary alicyclic amines) is 2. The zero-order valence-electron chi connectivity index (χ0n) is 29.1. The Bertz CT molecular complexity index is 1930. The predicted octanol–water partition coefficient (Wildman–Crippen LogP) is 7.06. The van der Waals surface area contributed by atoms with Gasteiger partial charge in [-0.15, -0.1) is 11.6 Å². The van der Waals surface area contributed by atoms with Crippen LogP contribution in [0.15, 0.2) is 72.6 Å². The molecule has 52 heavy (non-hydrogen) atoms. The van der Waals surface area contributed by atoms with Gasteiger partial charge in [0.1, 0.15) is 17.5 Å². The first kappa shape index (κ1) is 37.3. The van der Waals surface area contributed by atoms with Gasteiger partial charge in [0.15, 0.2) is 0 Å². The van der Waals surface area contributed by atoms with Gasteiger partial charge in [-0.05, 0) is 78.9 Å². The van der Waals surface area contributed by atoms with Crippen LogP contribution >= 0.6 is 11.6 Å². The average molecular weight is 732 g/mol. The molecule has 0 bridgehead atoms. The Hall–Kier alpha value is -4.47. The highest BCUT2D eigenvalue weighted by Crippen LogP contribution is 2.42. The van der Waals surface area contributed by atoms with Crippen LogP contribution < -0.4 is 10.1 Å². The highest BCUT2D eigenvalue weighted by atomic mass is 35.5. The highest BCUT2D eigenvalue weighted by molar-refractivity contribution is 6.24. The lowest BCUT2D eigenvalue weighted by Gasteiger charge is -2.36. The second-order valence-corrected chi connectivity index (χ2v) is 14.2. The number of halogens is 4. The molecule has 3 atom stereocenters. The van der Waals surface area contributed by atoms with Crippen molar-refractivity contribution in [3.63, 3.8) is 0 Å². The summed E-state index contributed by atoms with van der Waals surface area (Å²) < 4.78 is 48.7. The van der Waals surface area contributed by atoms with Crippen LogP contribution in [-0.2, 0) is 24.7 Å². The average Bonchev–Trinajstić information content (AvgIpc) is 3.80. The van der Waals surface area contributed by atoms with E-state index in [-0.39, 0.29) is 22.9 Å². The third-order valence-electron chi connectivity index (χ3n) is 10.1. The number of methoxy groups -OCH3 is 1. The first-order chi connectivity index (χ1) is 24.9. The molecule has 272 valence electrons. The summed E-state index contributed by atoms with van der Waals surface area (Å²) in [6.07, 6.45) is 7.64. The van der Waals surface area contributed by atoms with Gasteiger partial charge < -0.3 is 15.2 Å². The minimum Gasteiger partial charge on any atom is -0.496 e. The van der Waals surface area contributed by atoms with Gasteiger partial charge in [0.25, 0.3) is 5.91 Å². The normalized spacial score (nSPS) is 22.5. The van der Waals surface area contributed by atoms with Crippen molar-refractivity contribution in [3.05, 3.63) is 117 Å². The second-order valence-electron chi connectivity index (χ2n) is 13.8. The number of carbonyl (C=O) groups is 1. The summed E-state index contributed by atoms with van der Waals surface area (Å²) in [6.45, 7) is 5.91. The van der Waals surface area contributed by atoms with Crippen LogP contribution in [0.2, 0.25) is 0 Å². The molecule has 0 saturated carbocycles. The van der Waals surface area contributed by atoms with E-state index < -0.39 is 28.4 Å². The van der Waals surface area contributed by atoms with Crippen LogP contribution in [0.3, 0.4) is 0 Å². The van der Waals surface area contributed by atoms with E-state index in [4.69, 9.17) is 16.3 Å². The molecule has 3 aliphatic rings. The van der Waals surface area contributed by atoms with Crippen molar-refractivity contribution in [2.45, 2.75) is 62.3 Å². The van der Waals surface area contributed by atoms with Gasteiger partial charge in [0.05, 0.1) is 29.7 Å². The fraction of sp³-hybridized carbons (Fsp3) is 0.375. The number of hydrogen-bond acceptors (Lipinski definition) is 7. The summed E-state index contributed by atoms with van der Waals surface area (Å²) in [5.74, 6) is -0.0776. The number of aromatic nitrogens is 1. The van der Waals surface area contributed by atoms with E-state index in [1.165, 1.54) is 25.3 Å². The maximum atomic E-state index is 14.4. The molecule has 1 amide bonds. The van der Waals surface area contributed by atoms with E-state index in [1.807, 2.05) is 19.1 Å². The maximum absolute atomic E-state index is 14.4. The number of allylic oxidation sites excluding steroid dienone is 4. The molecule has 3 aromatic rings. The number of β-amino-alcohol motifs (C(OH)–C–C–N with tert-alkyl or cyclic N) is 1. The monoisotopic (exact) mass is 731 g/mol. The first-order valence-electron chi connectivity index (χ1n) is 17.3. The number of nitriles is 1. The van der Waals surface area contributed by atoms with E-state index in [2.05, 4.69) is 26.2 Å². The van der Waals surface area contributed by atoms with Gasteiger partial charge in [-0.2, -0.15) is 18.4 Å². The lowest BCUT2D eigenvalue weighted by Crippen LogP contribution is -2.41. The van der Waals surface area contributed by atoms with E-state index in [1.54, 1.807) is 42.6 Å². The van der Waals surface area contributed by atoms with Gasteiger partial charge in [-0.25, -0.2) is 0 Å². The van der Waals surface area contributed by atoms with Gasteiger partial charge in [-0.3, -0.25) is 19.6 Å². The lowest BCUT2D eigenvalue weighted by molar-refractivity contribution is -0.137. The Kier molecular flexibility index (Phi) is 11.2. The molecule has 1 aromatic heterocycles. The second kappa shape index (κ2) is 15.6. The van der Waals surface area contributed by atoms with Crippen LogP contribution in [0.1, 0.15) is 75.6 Å². The van der Waals surface area contributed by atoms with E-state index >= 15 is 0 Å². The minimum atomic E-state index is -4.61. The summed E-state index contributed by atoms with van der Waals surface area (Å²) in [7, 11) is 1.45. The number of aliphatic hydroxyl groups excluding tert-OH is 1. The van der Waals surface area contributed by atoms with Crippen molar-refractivity contribution in [1.82, 2.24) is 20.1 Å². The molecule has 2 fully saturated rings. The smallest absolute Gasteiger partial charge is 0.417 e. The zero-order valence-corrected chi connectivity index (χ0v) is 29.8. The molecule has 1 aliphatic carbocycles. The number of rotatable bonds is 10. The Labute approximate surface area is 306 Å². The number of ether oxygens (including phenoxy) is 1. The SMILES string of the molecule is COc1cc(/C=C/c2cccc(C3(C)C=CC=C(NC(=O)c4ccc(CN5CC[C@@H](O)C5)cn4)C3Cl)c2C#N)c(C(F)(F)F)cc1CN1CCCC1. The van der Waals surface area contributed by atoms with Gasteiger partial charge >= 0.3 is 6.18 Å². The fourth-order valence-electron chi connectivity index (χ4n) is 7.22. The van der Waals surface area contributed by atoms with Crippen molar-refractivity contribution in [1.29, 1.82) is 5.26 Å². The van der Waals surface area contributed by atoms with Gasteiger partial charge in [0.2, 0.25) is 0 Å². The fourth-order valence-corrected chi connectivity index (χ4v) is 7.54. The highest BCUT2D eigenvalue weighted by Gasteiger charge is 2.39. The summed E-state index contributed by atoms with van der Waals surface area (Å²) in [5, 5.41) is 22.3. The Morgan fingerprint density at radius 1 is 1.13 bits per heavy atom. The third kappa shape index (κ3) is 8.11. The van der Waals surface area contributed by atoms with Crippen molar-refractivity contribution < 1.29 is 27.8 Å². The number of alkyl halides is 4. The molecule has 6 rings (SSSR count). The molecule has 2 saturated heterocycles. The van der Waals surface area contributed by atoms with E-state index in [0.717, 1.165) is 50.5 Å². The summed E-state index contributed by atoms with van der Waals surface area (Å²) >= 11 is 7.07. The number of carbonyl (C=O) groups excluding carboxylic acids is 1. The molecule has 0 spiro atoms. The van der Waals surface area contributed by atoms with Crippen LogP contribution in [-0.4, -0.2) is 70.6 Å². The molecular weight excluding hydrogens is 691 g/mol. The molecular formula is C40H41ClF3N5O3. The van der Waals surface area contributed by atoms with Crippen LogP contribution in [0, 0.1) is 11.3 Å². The van der Waals surface area contributed by atoms with Crippen molar-refractivity contribution in [2.75, 3.05) is 33.3 Å². The number of benzene rings is 2. The van der Waals surface area contributed by atoms with E-state index in [9.17, 15) is 28.3 Å². The van der Waals surface area contributed by atoms with E-state index in [0.29, 0.717) is 47.8 Å². The Morgan fingerprint density at radius 2 is 1.90 bits per heavy atom. The summed E-state index contributed by atoms with van der Waals surface area (Å²) in [5.41, 5.74) is 1.41. The molecule has 8 nitrogen and oxygen atoms in total. The molecule has 3 heterocycles. The Morgan fingerprint density at radius 3 is 2.56 bits per heavy atom. The summed E-state index contributed by atoms with van der Waals surface area (Å²) in [6, 6.07) is 13.4. The lowest BCUT2D eigenvalue weighted by atomic mass is 9.73.